The van der Waals surface area contributed by atoms with Gasteiger partial charge in [0.1, 0.15) is 0 Å². The smallest absolute Gasteiger partial charge is 0.191 e. The van der Waals surface area contributed by atoms with Gasteiger partial charge < -0.3 is 25.0 Å². The molecule has 0 radical (unpaired) electrons. The zero-order valence-corrected chi connectivity index (χ0v) is 18.5. The first kappa shape index (κ1) is 22.6. The van der Waals surface area contributed by atoms with Crippen LogP contribution >= 0.6 is 35.3 Å². The second kappa shape index (κ2) is 12.9. The van der Waals surface area contributed by atoms with Crippen molar-refractivity contribution in [2.75, 3.05) is 54.1 Å². The van der Waals surface area contributed by atoms with Crippen molar-refractivity contribution in [1.82, 2.24) is 15.5 Å². The van der Waals surface area contributed by atoms with E-state index in [2.05, 4.69) is 52.1 Å². The SMILES string of the molecule is CN=C(NCCCOC1CCOC1)NCC(c1cccs1)N(C)C.I. The number of ether oxygens (including phenoxy) is 2. The van der Waals surface area contributed by atoms with Crippen LogP contribution in [-0.4, -0.2) is 71.0 Å². The highest BCUT2D eigenvalue weighted by atomic mass is 127. The Bertz CT molecular complexity index is 479. The highest BCUT2D eigenvalue weighted by Gasteiger charge is 2.16. The maximum absolute atomic E-state index is 5.77. The molecule has 1 aromatic heterocycles. The molecule has 1 saturated heterocycles. The van der Waals surface area contributed by atoms with E-state index in [0.29, 0.717) is 6.04 Å². The quantitative estimate of drug-likeness (QED) is 0.245. The Balaban J connectivity index is 0.00000312. The van der Waals surface area contributed by atoms with Crippen molar-refractivity contribution in [3.05, 3.63) is 22.4 Å². The first-order chi connectivity index (χ1) is 11.7. The molecule has 8 heteroatoms. The van der Waals surface area contributed by atoms with Gasteiger partial charge in [-0.1, -0.05) is 6.07 Å². The maximum Gasteiger partial charge on any atom is 0.191 e. The van der Waals surface area contributed by atoms with Gasteiger partial charge in [0.05, 0.1) is 18.8 Å². The fraction of sp³-hybridized carbons (Fsp3) is 0.706. The monoisotopic (exact) mass is 482 g/mol. The number of aliphatic imine (C=N–C) groups is 1. The van der Waals surface area contributed by atoms with Gasteiger partial charge in [0.2, 0.25) is 0 Å². The number of thiophene rings is 1. The van der Waals surface area contributed by atoms with Gasteiger partial charge in [-0.25, -0.2) is 0 Å². The molecule has 1 aliphatic heterocycles. The van der Waals surface area contributed by atoms with E-state index in [1.165, 1.54) is 4.88 Å². The first-order valence-electron chi connectivity index (χ1n) is 8.54. The van der Waals surface area contributed by atoms with Gasteiger partial charge >= 0.3 is 0 Å². The zero-order valence-electron chi connectivity index (χ0n) is 15.4. The zero-order chi connectivity index (χ0) is 17.2. The summed E-state index contributed by atoms with van der Waals surface area (Å²) in [7, 11) is 6.01. The summed E-state index contributed by atoms with van der Waals surface area (Å²) in [5, 5.41) is 8.88. The van der Waals surface area contributed by atoms with Crippen LogP contribution in [-0.2, 0) is 9.47 Å². The predicted molar refractivity (Wildman–Crippen MR) is 115 cm³/mol. The van der Waals surface area contributed by atoms with Crippen molar-refractivity contribution in [2.45, 2.75) is 25.0 Å². The number of nitrogens with zero attached hydrogens (tertiary/aromatic N) is 2. The van der Waals surface area contributed by atoms with Gasteiger partial charge in [-0.15, -0.1) is 35.3 Å². The predicted octanol–water partition coefficient (Wildman–Crippen LogP) is 2.33. The van der Waals surface area contributed by atoms with E-state index in [1.807, 2.05) is 0 Å². The Morgan fingerprint density at radius 1 is 1.48 bits per heavy atom. The Kier molecular flexibility index (Phi) is 11.6. The van der Waals surface area contributed by atoms with Gasteiger partial charge in [0.25, 0.3) is 0 Å². The van der Waals surface area contributed by atoms with E-state index in [-0.39, 0.29) is 30.1 Å². The van der Waals surface area contributed by atoms with Crippen LogP contribution < -0.4 is 10.6 Å². The molecule has 2 atom stereocenters. The fourth-order valence-corrected chi connectivity index (χ4v) is 3.53. The van der Waals surface area contributed by atoms with E-state index in [9.17, 15) is 0 Å². The summed E-state index contributed by atoms with van der Waals surface area (Å²) >= 11 is 1.79. The average molecular weight is 482 g/mol. The van der Waals surface area contributed by atoms with E-state index in [4.69, 9.17) is 9.47 Å². The van der Waals surface area contributed by atoms with E-state index in [1.54, 1.807) is 18.4 Å². The molecule has 2 heterocycles. The first-order valence-corrected chi connectivity index (χ1v) is 9.42. The lowest BCUT2D eigenvalue weighted by atomic mass is 10.2. The van der Waals surface area contributed by atoms with Crippen molar-refractivity contribution >= 4 is 41.3 Å². The molecule has 2 rings (SSSR count). The number of nitrogens with one attached hydrogen (secondary N) is 2. The number of halogens is 1. The van der Waals surface area contributed by atoms with Crippen LogP contribution in [0, 0.1) is 0 Å². The Hall–Kier alpha value is -0.420. The third kappa shape index (κ3) is 8.21. The topological polar surface area (TPSA) is 58.1 Å². The highest BCUT2D eigenvalue weighted by Crippen LogP contribution is 2.22. The molecule has 0 saturated carbocycles. The Morgan fingerprint density at radius 3 is 2.92 bits per heavy atom. The largest absolute Gasteiger partial charge is 0.379 e. The lowest BCUT2D eigenvalue weighted by Crippen LogP contribution is -2.42. The van der Waals surface area contributed by atoms with Crippen molar-refractivity contribution < 1.29 is 9.47 Å². The van der Waals surface area contributed by atoms with Gasteiger partial charge in [-0.2, -0.15) is 0 Å². The van der Waals surface area contributed by atoms with Gasteiger partial charge in [-0.3, -0.25) is 4.99 Å². The molecule has 6 nitrogen and oxygen atoms in total. The molecule has 144 valence electrons. The minimum absolute atomic E-state index is 0. The normalized spacial score (nSPS) is 18.9. The van der Waals surface area contributed by atoms with Crippen LogP contribution in [0.2, 0.25) is 0 Å². The summed E-state index contributed by atoms with van der Waals surface area (Å²) in [6, 6.07) is 4.62. The van der Waals surface area contributed by atoms with Crippen LogP contribution in [0.4, 0.5) is 0 Å². The van der Waals surface area contributed by atoms with Crippen LogP contribution in [0.25, 0.3) is 0 Å². The molecule has 0 bridgehead atoms. The summed E-state index contributed by atoms with van der Waals surface area (Å²) in [5.74, 6) is 0.836. The second-order valence-electron chi connectivity index (χ2n) is 6.08. The highest BCUT2D eigenvalue weighted by molar-refractivity contribution is 14.0. The Labute approximate surface area is 172 Å². The van der Waals surface area contributed by atoms with Gasteiger partial charge in [0.15, 0.2) is 5.96 Å². The van der Waals surface area contributed by atoms with Crippen molar-refractivity contribution in [3.63, 3.8) is 0 Å². The molecule has 0 aromatic carbocycles. The minimum atomic E-state index is 0. The van der Waals surface area contributed by atoms with E-state index in [0.717, 1.165) is 51.7 Å². The van der Waals surface area contributed by atoms with Crippen molar-refractivity contribution in [3.8, 4) is 0 Å². The molecular formula is C17H31IN4O2S. The number of guanidine groups is 1. The summed E-state index contributed by atoms with van der Waals surface area (Å²) < 4.78 is 11.1. The number of hydrogen-bond donors (Lipinski definition) is 2. The number of hydrogen-bond acceptors (Lipinski definition) is 5. The number of likely N-dealkylation sites (N-methyl/N-ethyl adjacent to an activating group) is 1. The molecule has 1 aliphatic rings. The third-order valence-corrected chi connectivity index (χ3v) is 5.01. The third-order valence-electron chi connectivity index (χ3n) is 4.04. The lowest BCUT2D eigenvalue weighted by molar-refractivity contribution is 0.0420. The van der Waals surface area contributed by atoms with Crippen LogP contribution in [0.15, 0.2) is 22.5 Å². The summed E-state index contributed by atoms with van der Waals surface area (Å²) in [6.45, 7) is 4.00. The van der Waals surface area contributed by atoms with Crippen LogP contribution in [0.1, 0.15) is 23.8 Å². The minimum Gasteiger partial charge on any atom is -0.379 e. The molecule has 2 unspecified atom stereocenters. The van der Waals surface area contributed by atoms with Crippen molar-refractivity contribution in [1.29, 1.82) is 0 Å². The van der Waals surface area contributed by atoms with E-state index >= 15 is 0 Å². The van der Waals surface area contributed by atoms with Crippen LogP contribution in [0.3, 0.4) is 0 Å². The summed E-state index contributed by atoms with van der Waals surface area (Å²) in [6.07, 6.45) is 2.26. The maximum atomic E-state index is 5.77. The molecule has 0 amide bonds. The molecule has 25 heavy (non-hydrogen) atoms. The van der Waals surface area contributed by atoms with E-state index < -0.39 is 0 Å². The lowest BCUT2D eigenvalue weighted by Gasteiger charge is -2.24. The number of rotatable bonds is 9. The molecule has 0 spiro atoms. The molecular weight excluding hydrogens is 451 g/mol. The van der Waals surface area contributed by atoms with Gasteiger partial charge in [0, 0.05) is 38.2 Å². The van der Waals surface area contributed by atoms with Gasteiger partial charge in [-0.05, 0) is 38.4 Å². The van der Waals surface area contributed by atoms with Crippen molar-refractivity contribution in [2.24, 2.45) is 4.99 Å². The fourth-order valence-electron chi connectivity index (χ4n) is 2.61. The molecule has 2 N–H and O–H groups in total. The standard InChI is InChI=1S/C17H30N4O2S.HI/c1-18-17(19-8-5-9-23-14-7-10-22-13-14)20-12-15(21(2)3)16-6-4-11-24-16;/h4,6,11,14-15H,5,7-10,12-13H2,1-3H3,(H2,18,19,20);1H. The molecule has 0 aliphatic carbocycles. The Morgan fingerprint density at radius 2 is 2.32 bits per heavy atom. The molecule has 1 fully saturated rings. The molecule has 1 aromatic rings. The summed E-state index contributed by atoms with van der Waals surface area (Å²) in [5.41, 5.74) is 0. The second-order valence-corrected chi connectivity index (χ2v) is 7.06. The summed E-state index contributed by atoms with van der Waals surface area (Å²) in [4.78, 5) is 7.88. The average Bonchev–Trinajstić information content (AvgIpc) is 3.26. The van der Waals surface area contributed by atoms with Crippen LogP contribution in [0.5, 0.6) is 0 Å².